The summed E-state index contributed by atoms with van der Waals surface area (Å²) < 4.78 is 20.1. The molecule has 0 heterocycles. The molecular weight excluding hydrogens is 680 g/mol. The van der Waals surface area contributed by atoms with Crippen molar-refractivity contribution in [1.29, 1.82) is 0 Å². The average Bonchev–Trinajstić information content (AvgIpc) is 3.16. The highest BCUT2D eigenvalue weighted by molar-refractivity contribution is 5.71. The molecule has 8 nitrogen and oxygen atoms in total. The highest BCUT2D eigenvalue weighted by Crippen LogP contribution is 2.16. The van der Waals surface area contributed by atoms with E-state index in [0.717, 1.165) is 51.4 Å². The number of hydrogen-bond donors (Lipinski definition) is 0. The predicted octanol–water partition coefficient (Wildman–Crippen LogP) is 13.9. The van der Waals surface area contributed by atoms with Crippen molar-refractivity contribution in [2.75, 3.05) is 13.6 Å². The van der Waals surface area contributed by atoms with E-state index in [1.165, 1.54) is 154 Å². The summed E-state index contributed by atoms with van der Waals surface area (Å²) >= 11 is 0. The lowest BCUT2D eigenvalue weighted by Crippen LogP contribution is -2.13. The number of carbonyl (C=O) groups excluding carboxylic acids is 4. The minimum atomic E-state index is -0.389. The summed E-state index contributed by atoms with van der Waals surface area (Å²) in [6, 6.07) is 0. The van der Waals surface area contributed by atoms with Gasteiger partial charge in [0.05, 0.1) is 0 Å². The summed E-state index contributed by atoms with van der Waals surface area (Å²) in [7, 11) is 0. The van der Waals surface area contributed by atoms with Gasteiger partial charge in [-0.25, -0.2) is 0 Å². The highest BCUT2D eigenvalue weighted by atomic mass is 16.7. The molecule has 0 saturated carbocycles. The molecule has 0 aliphatic rings. The summed E-state index contributed by atoms with van der Waals surface area (Å²) in [5, 5.41) is 0. The Kier molecular flexibility index (Phi) is 41.9. The molecule has 0 N–H and O–H groups in total. The lowest BCUT2D eigenvalue weighted by Gasteiger charge is -2.07. The molecule has 0 fully saturated rings. The molecule has 0 spiro atoms. The van der Waals surface area contributed by atoms with Crippen LogP contribution in [0.5, 0.6) is 0 Å². The molecule has 0 atom stereocenters. The van der Waals surface area contributed by atoms with Gasteiger partial charge in [-0.3, -0.25) is 19.2 Å². The Balaban J connectivity index is 3.41. The van der Waals surface area contributed by atoms with Crippen LogP contribution in [0, 0.1) is 0 Å². The Morgan fingerprint density at radius 1 is 0.241 bits per heavy atom. The van der Waals surface area contributed by atoms with Crippen LogP contribution in [-0.2, 0) is 38.1 Å². The number of ether oxygens (including phenoxy) is 4. The number of hydrogen-bond acceptors (Lipinski definition) is 8. The van der Waals surface area contributed by atoms with E-state index in [-0.39, 0.29) is 50.3 Å². The first-order valence-corrected chi connectivity index (χ1v) is 23.1. The molecule has 0 unspecified atom stereocenters. The van der Waals surface area contributed by atoms with Crippen molar-refractivity contribution < 1.29 is 38.1 Å². The number of unbranched alkanes of at least 4 members (excludes halogenated alkanes) is 31. The van der Waals surface area contributed by atoms with Gasteiger partial charge in [0.2, 0.25) is 13.6 Å². The van der Waals surface area contributed by atoms with Crippen LogP contribution < -0.4 is 0 Å². The van der Waals surface area contributed by atoms with E-state index in [0.29, 0.717) is 25.7 Å². The van der Waals surface area contributed by atoms with Gasteiger partial charge in [-0.15, -0.1) is 0 Å². The molecule has 0 amide bonds. The van der Waals surface area contributed by atoms with E-state index in [2.05, 4.69) is 13.8 Å². The van der Waals surface area contributed by atoms with Gasteiger partial charge in [-0.1, -0.05) is 206 Å². The van der Waals surface area contributed by atoms with Crippen LogP contribution in [0.1, 0.15) is 258 Å². The Labute approximate surface area is 332 Å². The summed E-state index contributed by atoms with van der Waals surface area (Å²) in [5.74, 6) is -1.42. The summed E-state index contributed by atoms with van der Waals surface area (Å²) in [4.78, 5) is 47.7. The molecule has 0 aromatic heterocycles. The van der Waals surface area contributed by atoms with Gasteiger partial charge >= 0.3 is 23.9 Å². The fraction of sp³-hybridized carbons (Fsp3) is 0.913. The van der Waals surface area contributed by atoms with E-state index in [1.54, 1.807) is 0 Å². The van der Waals surface area contributed by atoms with Crippen LogP contribution >= 0.6 is 0 Å². The summed E-state index contributed by atoms with van der Waals surface area (Å²) in [6.07, 6.45) is 42.4. The zero-order valence-electron chi connectivity index (χ0n) is 35.6. The van der Waals surface area contributed by atoms with Gasteiger partial charge in [0.25, 0.3) is 0 Å². The third kappa shape index (κ3) is 42.6. The average molecular weight is 767 g/mol. The summed E-state index contributed by atoms with van der Waals surface area (Å²) in [6.45, 7) is 3.87. The van der Waals surface area contributed by atoms with Crippen LogP contribution in [-0.4, -0.2) is 37.5 Å². The standard InChI is InChI=1S/C46H86O8/c1-3-5-7-9-11-13-15-17-19-21-23-25-27-29-33-37-43(47)51-41-53-45(49)39-35-31-32-36-40-46(50)54-42-52-44(48)38-34-30-28-26-24-22-20-18-16-14-12-10-8-6-4-2/h3-42H2,1-2H3. The van der Waals surface area contributed by atoms with Gasteiger partial charge in [0.1, 0.15) is 0 Å². The molecule has 54 heavy (non-hydrogen) atoms. The Morgan fingerprint density at radius 2 is 0.389 bits per heavy atom. The Bertz CT molecular complexity index is 777. The normalized spacial score (nSPS) is 11.1. The molecule has 0 bridgehead atoms. The van der Waals surface area contributed by atoms with Crippen molar-refractivity contribution in [3.05, 3.63) is 0 Å². The molecule has 8 heteroatoms. The summed E-state index contributed by atoms with van der Waals surface area (Å²) in [5.41, 5.74) is 0. The first kappa shape index (κ1) is 51.9. The topological polar surface area (TPSA) is 105 Å². The third-order valence-electron chi connectivity index (χ3n) is 10.4. The largest absolute Gasteiger partial charge is 0.428 e. The van der Waals surface area contributed by atoms with Crippen molar-refractivity contribution in [3.63, 3.8) is 0 Å². The van der Waals surface area contributed by atoms with Gasteiger partial charge in [-0.05, 0) is 25.7 Å². The van der Waals surface area contributed by atoms with Gasteiger partial charge in [0, 0.05) is 25.7 Å². The number of esters is 4. The number of rotatable bonds is 43. The van der Waals surface area contributed by atoms with Crippen LogP contribution in [0.25, 0.3) is 0 Å². The Hall–Kier alpha value is -2.12. The predicted molar refractivity (Wildman–Crippen MR) is 221 cm³/mol. The molecule has 0 saturated heterocycles. The monoisotopic (exact) mass is 767 g/mol. The minimum Gasteiger partial charge on any atom is -0.428 e. The van der Waals surface area contributed by atoms with Crippen molar-refractivity contribution in [1.82, 2.24) is 0 Å². The molecule has 0 aromatic rings. The zero-order chi connectivity index (χ0) is 39.4. The molecule has 0 aliphatic heterocycles. The maximum atomic E-state index is 11.9. The minimum absolute atomic E-state index is 0.246. The van der Waals surface area contributed by atoms with Gasteiger partial charge < -0.3 is 18.9 Å². The van der Waals surface area contributed by atoms with Crippen LogP contribution in [0.15, 0.2) is 0 Å². The second-order valence-electron chi connectivity index (χ2n) is 15.6. The SMILES string of the molecule is CCCCCCCCCCCCCCCCCC(=O)OCOC(=O)CCCCCCC(=O)OCOC(=O)CCCCCCCCCCCCCCCCC. The second kappa shape index (κ2) is 43.6. The molecule has 0 aromatic carbocycles. The van der Waals surface area contributed by atoms with Crippen molar-refractivity contribution in [2.24, 2.45) is 0 Å². The zero-order valence-corrected chi connectivity index (χ0v) is 35.6. The van der Waals surface area contributed by atoms with Crippen LogP contribution in [0.4, 0.5) is 0 Å². The molecule has 0 radical (unpaired) electrons. The van der Waals surface area contributed by atoms with Crippen molar-refractivity contribution >= 4 is 23.9 Å². The third-order valence-corrected chi connectivity index (χ3v) is 10.4. The van der Waals surface area contributed by atoms with Gasteiger partial charge in [-0.2, -0.15) is 0 Å². The molecular formula is C46H86O8. The lowest BCUT2D eigenvalue weighted by atomic mass is 10.0. The van der Waals surface area contributed by atoms with Gasteiger partial charge in [0.15, 0.2) is 0 Å². The molecule has 318 valence electrons. The van der Waals surface area contributed by atoms with E-state index >= 15 is 0 Å². The maximum Gasteiger partial charge on any atom is 0.308 e. The fourth-order valence-electron chi connectivity index (χ4n) is 6.78. The van der Waals surface area contributed by atoms with E-state index in [9.17, 15) is 19.2 Å². The Morgan fingerprint density at radius 3 is 0.556 bits per heavy atom. The first-order valence-electron chi connectivity index (χ1n) is 23.1. The van der Waals surface area contributed by atoms with E-state index in [4.69, 9.17) is 18.9 Å². The lowest BCUT2D eigenvalue weighted by molar-refractivity contribution is -0.169. The number of carbonyl (C=O) groups is 4. The first-order chi connectivity index (χ1) is 26.5. The van der Waals surface area contributed by atoms with Crippen LogP contribution in [0.2, 0.25) is 0 Å². The van der Waals surface area contributed by atoms with E-state index < -0.39 is 0 Å². The maximum absolute atomic E-state index is 11.9. The molecule has 0 rings (SSSR count). The second-order valence-corrected chi connectivity index (χ2v) is 15.6. The van der Waals surface area contributed by atoms with Crippen molar-refractivity contribution in [3.8, 4) is 0 Å². The molecule has 0 aliphatic carbocycles. The smallest absolute Gasteiger partial charge is 0.308 e. The van der Waals surface area contributed by atoms with Crippen molar-refractivity contribution in [2.45, 2.75) is 258 Å². The highest BCUT2D eigenvalue weighted by Gasteiger charge is 2.09. The van der Waals surface area contributed by atoms with Crippen LogP contribution in [0.3, 0.4) is 0 Å². The fourth-order valence-corrected chi connectivity index (χ4v) is 6.78. The quantitative estimate of drug-likeness (QED) is 0.0343. The van der Waals surface area contributed by atoms with E-state index in [1.807, 2.05) is 0 Å².